The number of aliphatic hydroxyl groups excluding tert-OH is 1. The third-order valence-corrected chi connectivity index (χ3v) is 5.39. The van der Waals surface area contributed by atoms with Crippen molar-refractivity contribution in [3.05, 3.63) is 10.6 Å². The van der Waals surface area contributed by atoms with E-state index in [9.17, 15) is 5.11 Å². The lowest BCUT2D eigenvalue weighted by molar-refractivity contribution is 0.284. The zero-order valence-electron chi connectivity index (χ0n) is 10.4. The van der Waals surface area contributed by atoms with Crippen molar-refractivity contribution in [3.8, 4) is 0 Å². The van der Waals surface area contributed by atoms with Gasteiger partial charge in [0.1, 0.15) is 0 Å². The zero-order chi connectivity index (χ0) is 11.8. The Kier molecular flexibility index (Phi) is 3.09. The van der Waals surface area contributed by atoms with Gasteiger partial charge >= 0.3 is 0 Å². The summed E-state index contributed by atoms with van der Waals surface area (Å²) < 4.78 is 0. The van der Waals surface area contributed by atoms with Crippen molar-refractivity contribution in [2.24, 2.45) is 11.8 Å². The molecule has 2 fully saturated rings. The first-order chi connectivity index (χ1) is 8.31. The first-order valence-corrected chi connectivity index (χ1v) is 7.47. The average Bonchev–Trinajstić information content (AvgIpc) is 3.00. The molecule has 1 saturated heterocycles. The number of anilines is 1. The van der Waals surface area contributed by atoms with E-state index in [0.29, 0.717) is 0 Å². The number of rotatable bonds is 3. The summed E-state index contributed by atoms with van der Waals surface area (Å²) in [6.07, 6.45) is 5.15. The topological polar surface area (TPSA) is 36.4 Å². The SMILES string of the molecule is CCc1nc(N2CC3CCCC3C2)sc1CO. The third kappa shape index (κ3) is 1.97. The second-order valence-electron chi connectivity index (χ2n) is 5.23. The highest BCUT2D eigenvalue weighted by Crippen LogP contribution is 2.40. The zero-order valence-corrected chi connectivity index (χ0v) is 11.2. The Balaban J connectivity index is 1.78. The number of hydrogen-bond donors (Lipinski definition) is 1. The molecule has 2 heterocycles. The van der Waals surface area contributed by atoms with E-state index < -0.39 is 0 Å². The maximum Gasteiger partial charge on any atom is 0.185 e. The van der Waals surface area contributed by atoms with Gasteiger partial charge in [0, 0.05) is 13.1 Å². The summed E-state index contributed by atoms with van der Waals surface area (Å²) in [7, 11) is 0. The van der Waals surface area contributed by atoms with Gasteiger partial charge in [0.05, 0.1) is 17.2 Å². The monoisotopic (exact) mass is 252 g/mol. The normalized spacial score (nSPS) is 27.8. The van der Waals surface area contributed by atoms with Crippen LogP contribution in [0.1, 0.15) is 36.8 Å². The molecular formula is C13H20N2OS. The van der Waals surface area contributed by atoms with Crippen LogP contribution in [-0.2, 0) is 13.0 Å². The minimum Gasteiger partial charge on any atom is -0.391 e. The molecule has 0 bridgehead atoms. The molecule has 17 heavy (non-hydrogen) atoms. The first-order valence-electron chi connectivity index (χ1n) is 6.66. The quantitative estimate of drug-likeness (QED) is 0.897. The van der Waals surface area contributed by atoms with E-state index in [4.69, 9.17) is 4.98 Å². The van der Waals surface area contributed by atoms with Gasteiger partial charge in [0.15, 0.2) is 5.13 Å². The number of hydrogen-bond acceptors (Lipinski definition) is 4. The average molecular weight is 252 g/mol. The van der Waals surface area contributed by atoms with E-state index in [1.807, 2.05) is 0 Å². The molecule has 2 aliphatic rings. The van der Waals surface area contributed by atoms with Crippen LogP contribution in [0.5, 0.6) is 0 Å². The second kappa shape index (κ2) is 4.58. The maximum atomic E-state index is 9.32. The Morgan fingerprint density at radius 1 is 1.35 bits per heavy atom. The van der Waals surface area contributed by atoms with E-state index in [-0.39, 0.29) is 6.61 Å². The van der Waals surface area contributed by atoms with Gasteiger partial charge in [-0.2, -0.15) is 0 Å². The maximum absolute atomic E-state index is 9.32. The molecule has 0 spiro atoms. The van der Waals surface area contributed by atoms with Crippen molar-refractivity contribution < 1.29 is 5.11 Å². The lowest BCUT2D eigenvalue weighted by Crippen LogP contribution is -2.20. The lowest BCUT2D eigenvalue weighted by Gasteiger charge is -2.15. The summed E-state index contributed by atoms with van der Waals surface area (Å²) >= 11 is 1.68. The van der Waals surface area contributed by atoms with Crippen LogP contribution in [0.2, 0.25) is 0 Å². The van der Waals surface area contributed by atoms with E-state index in [1.165, 1.54) is 32.4 Å². The largest absolute Gasteiger partial charge is 0.391 e. The van der Waals surface area contributed by atoms with Crippen molar-refractivity contribution in [2.45, 2.75) is 39.2 Å². The fraction of sp³-hybridized carbons (Fsp3) is 0.769. The highest BCUT2D eigenvalue weighted by molar-refractivity contribution is 7.15. The molecule has 4 heteroatoms. The van der Waals surface area contributed by atoms with Crippen LogP contribution in [0.15, 0.2) is 0 Å². The Labute approximate surface area is 106 Å². The van der Waals surface area contributed by atoms with Crippen molar-refractivity contribution in [3.63, 3.8) is 0 Å². The summed E-state index contributed by atoms with van der Waals surface area (Å²) in [4.78, 5) is 8.19. The number of fused-ring (bicyclic) bond motifs is 1. The molecule has 1 aromatic heterocycles. The molecule has 3 rings (SSSR count). The molecule has 0 radical (unpaired) electrons. The van der Waals surface area contributed by atoms with Gasteiger partial charge in [-0.05, 0) is 31.1 Å². The van der Waals surface area contributed by atoms with Crippen LogP contribution in [0.3, 0.4) is 0 Å². The standard InChI is InChI=1S/C13H20N2OS/c1-2-11-12(8-16)17-13(14-11)15-6-9-4-3-5-10(9)7-15/h9-10,16H,2-8H2,1H3. The van der Waals surface area contributed by atoms with E-state index >= 15 is 0 Å². The molecule has 1 aliphatic heterocycles. The molecule has 1 aliphatic carbocycles. The summed E-state index contributed by atoms with van der Waals surface area (Å²) in [6, 6.07) is 0. The Morgan fingerprint density at radius 2 is 2.06 bits per heavy atom. The predicted octanol–water partition coefficient (Wildman–Crippen LogP) is 2.43. The van der Waals surface area contributed by atoms with Crippen LogP contribution >= 0.6 is 11.3 Å². The number of aryl methyl sites for hydroxylation is 1. The van der Waals surface area contributed by atoms with Gasteiger partial charge in [0.2, 0.25) is 0 Å². The molecule has 2 unspecified atom stereocenters. The third-order valence-electron chi connectivity index (χ3n) is 4.24. The second-order valence-corrected chi connectivity index (χ2v) is 6.30. The molecule has 94 valence electrons. The minimum atomic E-state index is 0.140. The Bertz CT molecular complexity index is 371. The molecular weight excluding hydrogens is 232 g/mol. The fourth-order valence-corrected chi connectivity index (χ4v) is 4.32. The van der Waals surface area contributed by atoms with Crippen molar-refractivity contribution in [1.82, 2.24) is 4.98 Å². The fourth-order valence-electron chi connectivity index (χ4n) is 3.30. The van der Waals surface area contributed by atoms with Crippen LogP contribution < -0.4 is 4.90 Å². The summed E-state index contributed by atoms with van der Waals surface area (Å²) in [5.41, 5.74) is 1.09. The van der Waals surface area contributed by atoms with Gasteiger partial charge in [-0.3, -0.25) is 0 Å². The van der Waals surface area contributed by atoms with Crippen molar-refractivity contribution in [2.75, 3.05) is 18.0 Å². The van der Waals surface area contributed by atoms with Gasteiger partial charge in [-0.25, -0.2) is 4.98 Å². The summed E-state index contributed by atoms with van der Waals surface area (Å²) in [6.45, 7) is 4.62. The first kappa shape index (κ1) is 11.5. The lowest BCUT2D eigenvalue weighted by atomic mass is 10.0. The van der Waals surface area contributed by atoms with Crippen LogP contribution in [-0.4, -0.2) is 23.2 Å². The predicted molar refractivity (Wildman–Crippen MR) is 70.5 cm³/mol. The molecule has 0 amide bonds. The van der Waals surface area contributed by atoms with Gasteiger partial charge < -0.3 is 10.0 Å². The summed E-state index contributed by atoms with van der Waals surface area (Å²) in [5, 5.41) is 10.5. The Hall–Kier alpha value is -0.610. The van der Waals surface area contributed by atoms with Crippen LogP contribution in [0.4, 0.5) is 5.13 Å². The van der Waals surface area contributed by atoms with Gasteiger partial charge in [-0.15, -0.1) is 0 Å². The summed E-state index contributed by atoms with van der Waals surface area (Å²) in [5.74, 6) is 1.81. The van der Waals surface area contributed by atoms with Crippen molar-refractivity contribution in [1.29, 1.82) is 0 Å². The smallest absolute Gasteiger partial charge is 0.185 e. The van der Waals surface area contributed by atoms with Gasteiger partial charge in [0.25, 0.3) is 0 Å². The number of aliphatic hydroxyl groups is 1. The molecule has 1 aromatic rings. The minimum absolute atomic E-state index is 0.140. The molecule has 3 nitrogen and oxygen atoms in total. The highest BCUT2D eigenvalue weighted by atomic mass is 32.1. The van der Waals surface area contributed by atoms with E-state index in [1.54, 1.807) is 11.3 Å². The number of nitrogens with zero attached hydrogens (tertiary/aromatic N) is 2. The van der Waals surface area contributed by atoms with Crippen LogP contribution in [0.25, 0.3) is 0 Å². The molecule has 1 saturated carbocycles. The van der Waals surface area contributed by atoms with E-state index in [0.717, 1.165) is 34.0 Å². The molecule has 1 N–H and O–H groups in total. The number of thiazole rings is 1. The molecule has 2 atom stereocenters. The number of aromatic nitrogens is 1. The Morgan fingerprint density at radius 3 is 2.59 bits per heavy atom. The molecule has 0 aromatic carbocycles. The highest BCUT2D eigenvalue weighted by Gasteiger charge is 2.37. The van der Waals surface area contributed by atoms with Crippen LogP contribution in [0, 0.1) is 11.8 Å². The van der Waals surface area contributed by atoms with Gasteiger partial charge in [-0.1, -0.05) is 24.7 Å². The van der Waals surface area contributed by atoms with Crippen molar-refractivity contribution >= 4 is 16.5 Å². The van der Waals surface area contributed by atoms with E-state index in [2.05, 4.69) is 11.8 Å².